The van der Waals surface area contributed by atoms with Crippen LogP contribution in [0.25, 0.3) is 33.5 Å². The van der Waals surface area contributed by atoms with Gasteiger partial charge in [-0.25, -0.2) is 4.98 Å². The summed E-state index contributed by atoms with van der Waals surface area (Å²) in [5.74, 6) is 1.98. The van der Waals surface area contributed by atoms with Crippen LogP contribution in [0.4, 0.5) is 0 Å². The second-order valence-corrected chi connectivity index (χ2v) is 8.40. The maximum Gasteiger partial charge on any atom is 0.251 e. The molecule has 4 aromatic rings. The molecule has 1 amide bonds. The number of benzene rings is 2. The molecule has 31 heavy (non-hydrogen) atoms. The molecule has 1 saturated heterocycles. The van der Waals surface area contributed by atoms with Crippen molar-refractivity contribution in [2.45, 2.75) is 31.2 Å². The van der Waals surface area contributed by atoms with Gasteiger partial charge < -0.3 is 10.6 Å². The highest BCUT2D eigenvalue weighted by Gasteiger charge is 2.24. The minimum atomic E-state index is -0.0282. The first-order chi connectivity index (χ1) is 15.2. The number of carbonyl (C=O) groups is 1. The lowest BCUT2D eigenvalue weighted by molar-refractivity contribution is 0.0951. The first kappa shape index (κ1) is 18.3. The van der Waals surface area contributed by atoms with Gasteiger partial charge in [-0.2, -0.15) is 10.2 Å². The molecule has 1 aliphatic carbocycles. The minimum Gasteiger partial charge on any atom is -0.349 e. The summed E-state index contributed by atoms with van der Waals surface area (Å²) in [6, 6.07) is 14.0. The smallest absolute Gasteiger partial charge is 0.251 e. The van der Waals surface area contributed by atoms with Gasteiger partial charge in [0.25, 0.3) is 5.91 Å². The Morgan fingerprint density at radius 3 is 2.77 bits per heavy atom. The van der Waals surface area contributed by atoms with Crippen molar-refractivity contribution in [3.05, 3.63) is 53.9 Å². The standard InChI is InChI=1S/C23H23N7O/c31-23(25-17-5-6-17)15-3-1-2-13(10-15)20-18-11-14(4-7-19(18)27-28-20)21-26-22(30-29-21)16-8-9-24-12-16/h1-4,7,10-11,16-17,24H,5-6,8-9,12H2,(H,25,31)(H,27,28)(H,26,29,30). The van der Waals surface area contributed by atoms with Crippen LogP contribution in [0.3, 0.4) is 0 Å². The van der Waals surface area contributed by atoms with Crippen molar-refractivity contribution in [3.8, 4) is 22.6 Å². The van der Waals surface area contributed by atoms with E-state index in [4.69, 9.17) is 4.98 Å². The lowest BCUT2D eigenvalue weighted by Crippen LogP contribution is -2.25. The molecule has 1 atom stereocenters. The van der Waals surface area contributed by atoms with E-state index in [-0.39, 0.29) is 5.91 Å². The van der Waals surface area contributed by atoms with E-state index in [0.29, 0.717) is 23.3 Å². The molecule has 1 saturated carbocycles. The zero-order valence-corrected chi connectivity index (χ0v) is 17.0. The quantitative estimate of drug-likeness (QED) is 0.402. The summed E-state index contributed by atoms with van der Waals surface area (Å²) in [6.45, 7) is 1.95. The molecule has 3 heterocycles. The Labute approximate surface area is 178 Å². The molecule has 156 valence electrons. The Morgan fingerprint density at radius 1 is 1.00 bits per heavy atom. The molecule has 6 rings (SSSR count). The summed E-state index contributed by atoms with van der Waals surface area (Å²) < 4.78 is 0. The summed E-state index contributed by atoms with van der Waals surface area (Å²) in [5.41, 5.74) is 4.24. The number of nitrogens with zero attached hydrogens (tertiary/aromatic N) is 3. The largest absolute Gasteiger partial charge is 0.349 e. The Kier molecular flexibility index (Phi) is 4.31. The van der Waals surface area contributed by atoms with Crippen LogP contribution in [0, 0.1) is 0 Å². The monoisotopic (exact) mass is 413 g/mol. The molecule has 2 aliphatic rings. The zero-order valence-electron chi connectivity index (χ0n) is 17.0. The van der Waals surface area contributed by atoms with Gasteiger partial charge in [-0.3, -0.25) is 15.0 Å². The van der Waals surface area contributed by atoms with Gasteiger partial charge in [-0.15, -0.1) is 0 Å². The number of H-pyrrole nitrogens is 2. The highest BCUT2D eigenvalue weighted by molar-refractivity contribution is 5.99. The Morgan fingerprint density at radius 2 is 1.94 bits per heavy atom. The number of hydrogen-bond donors (Lipinski definition) is 4. The normalized spacial score (nSPS) is 18.5. The lowest BCUT2D eigenvalue weighted by atomic mass is 10.0. The van der Waals surface area contributed by atoms with Crippen molar-refractivity contribution < 1.29 is 4.79 Å². The summed E-state index contributed by atoms with van der Waals surface area (Å²) in [5, 5.41) is 22.6. The molecule has 8 nitrogen and oxygen atoms in total. The first-order valence-corrected chi connectivity index (χ1v) is 10.8. The third kappa shape index (κ3) is 3.48. The third-order valence-corrected chi connectivity index (χ3v) is 6.08. The highest BCUT2D eigenvalue weighted by atomic mass is 16.1. The second kappa shape index (κ2) is 7.31. The molecule has 2 aromatic carbocycles. The van der Waals surface area contributed by atoms with Gasteiger partial charge in [0.05, 0.1) is 11.2 Å². The Hall–Kier alpha value is -3.52. The molecule has 0 radical (unpaired) electrons. The average Bonchev–Trinajstić information content (AvgIpc) is 3.22. The van der Waals surface area contributed by atoms with Gasteiger partial charge >= 0.3 is 0 Å². The molecule has 2 aromatic heterocycles. The molecule has 0 bridgehead atoms. The first-order valence-electron chi connectivity index (χ1n) is 10.8. The summed E-state index contributed by atoms with van der Waals surface area (Å²) in [4.78, 5) is 17.2. The van der Waals surface area contributed by atoms with Crippen LogP contribution in [0.15, 0.2) is 42.5 Å². The van der Waals surface area contributed by atoms with E-state index in [1.807, 2.05) is 36.4 Å². The van der Waals surface area contributed by atoms with Crippen molar-refractivity contribution in [1.82, 2.24) is 36.0 Å². The topological polar surface area (TPSA) is 111 Å². The molecule has 8 heteroatoms. The highest BCUT2D eigenvalue weighted by Crippen LogP contribution is 2.31. The summed E-state index contributed by atoms with van der Waals surface area (Å²) >= 11 is 0. The van der Waals surface area contributed by atoms with Crippen LogP contribution in [-0.2, 0) is 0 Å². The van der Waals surface area contributed by atoms with E-state index in [0.717, 1.165) is 65.9 Å². The van der Waals surface area contributed by atoms with Crippen LogP contribution in [0.1, 0.15) is 41.4 Å². The number of aromatic nitrogens is 5. The van der Waals surface area contributed by atoms with E-state index in [9.17, 15) is 4.79 Å². The fourth-order valence-electron chi connectivity index (χ4n) is 4.15. The predicted octanol–water partition coefficient (Wildman–Crippen LogP) is 2.98. The molecular formula is C23H23N7O. The van der Waals surface area contributed by atoms with Crippen molar-refractivity contribution in [2.24, 2.45) is 0 Å². The fraction of sp³-hybridized carbons (Fsp3) is 0.304. The van der Waals surface area contributed by atoms with Gasteiger partial charge in [0.15, 0.2) is 5.82 Å². The van der Waals surface area contributed by atoms with E-state index >= 15 is 0 Å². The van der Waals surface area contributed by atoms with Gasteiger partial charge in [0, 0.05) is 40.6 Å². The van der Waals surface area contributed by atoms with Crippen molar-refractivity contribution >= 4 is 16.8 Å². The number of amides is 1. The Bertz CT molecular complexity index is 1260. The molecular weight excluding hydrogens is 390 g/mol. The summed E-state index contributed by atoms with van der Waals surface area (Å²) in [6.07, 6.45) is 3.21. The van der Waals surface area contributed by atoms with E-state index in [2.05, 4.69) is 37.1 Å². The van der Waals surface area contributed by atoms with Gasteiger partial charge in [-0.05, 0) is 56.1 Å². The Balaban J connectivity index is 1.34. The third-order valence-electron chi connectivity index (χ3n) is 6.08. The number of nitrogens with one attached hydrogen (secondary N) is 4. The molecule has 4 N–H and O–H groups in total. The second-order valence-electron chi connectivity index (χ2n) is 8.40. The lowest BCUT2D eigenvalue weighted by Gasteiger charge is -2.05. The van der Waals surface area contributed by atoms with E-state index in [1.165, 1.54) is 0 Å². The molecule has 1 aliphatic heterocycles. The van der Waals surface area contributed by atoms with Crippen LogP contribution >= 0.6 is 0 Å². The average molecular weight is 413 g/mol. The van der Waals surface area contributed by atoms with Crippen LogP contribution in [0.5, 0.6) is 0 Å². The number of aromatic amines is 2. The van der Waals surface area contributed by atoms with E-state index < -0.39 is 0 Å². The maximum absolute atomic E-state index is 12.5. The number of fused-ring (bicyclic) bond motifs is 1. The molecule has 2 fully saturated rings. The SMILES string of the molecule is O=C(NC1CC1)c1cccc(-c2n[nH]c3ccc(-c4n[nH]c(C5CCNC5)n4)cc23)c1. The number of hydrogen-bond acceptors (Lipinski definition) is 5. The van der Waals surface area contributed by atoms with Gasteiger partial charge in [0.2, 0.25) is 0 Å². The summed E-state index contributed by atoms with van der Waals surface area (Å²) in [7, 11) is 0. The van der Waals surface area contributed by atoms with E-state index in [1.54, 1.807) is 0 Å². The molecule has 1 unspecified atom stereocenters. The van der Waals surface area contributed by atoms with Gasteiger partial charge in [-0.1, -0.05) is 12.1 Å². The fourth-order valence-corrected chi connectivity index (χ4v) is 4.15. The minimum absolute atomic E-state index is 0.0282. The van der Waals surface area contributed by atoms with Crippen molar-refractivity contribution in [2.75, 3.05) is 13.1 Å². The van der Waals surface area contributed by atoms with Crippen LogP contribution in [0.2, 0.25) is 0 Å². The number of carbonyl (C=O) groups excluding carboxylic acids is 1. The van der Waals surface area contributed by atoms with Crippen LogP contribution in [-0.4, -0.2) is 50.4 Å². The van der Waals surface area contributed by atoms with Crippen molar-refractivity contribution in [1.29, 1.82) is 0 Å². The maximum atomic E-state index is 12.5. The molecule has 0 spiro atoms. The van der Waals surface area contributed by atoms with Crippen LogP contribution < -0.4 is 10.6 Å². The number of rotatable bonds is 5. The zero-order chi connectivity index (χ0) is 20.8. The van der Waals surface area contributed by atoms with Gasteiger partial charge in [0.1, 0.15) is 5.82 Å². The van der Waals surface area contributed by atoms with Crippen molar-refractivity contribution in [3.63, 3.8) is 0 Å². The predicted molar refractivity (Wildman–Crippen MR) is 118 cm³/mol.